The molecule has 0 spiro atoms. The second-order valence-electron chi connectivity index (χ2n) is 13.8. The van der Waals surface area contributed by atoms with E-state index in [1.807, 2.05) is 19.1 Å². The summed E-state index contributed by atoms with van der Waals surface area (Å²) in [5.41, 5.74) is 4.47. The van der Waals surface area contributed by atoms with Gasteiger partial charge < -0.3 is 14.4 Å². The Balaban J connectivity index is 1.76. The van der Waals surface area contributed by atoms with E-state index in [4.69, 9.17) is 21.1 Å². The Morgan fingerprint density at radius 1 is 0.850 bits per heavy atom. The Morgan fingerprint density at radius 2 is 1.43 bits per heavy atom. The van der Waals surface area contributed by atoms with Gasteiger partial charge in [-0.25, -0.2) is 0 Å². The molecule has 1 aliphatic heterocycles. The average Bonchev–Trinajstić information content (AvgIpc) is 2.86. The zero-order chi connectivity index (χ0) is 28.8. The smallest absolute Gasteiger partial charge is 0.179 e. The van der Waals surface area contributed by atoms with Crippen LogP contribution in [0.5, 0.6) is 11.5 Å². The van der Waals surface area contributed by atoms with E-state index < -0.39 is 5.92 Å². The Bertz CT molecular complexity index is 1200. The molecule has 0 saturated heterocycles. The molecule has 0 radical (unpaired) electrons. The van der Waals surface area contributed by atoms with Crippen molar-refractivity contribution in [3.8, 4) is 11.5 Å². The molecule has 218 valence electrons. The molecular formula is C34H46ClNO4. The normalized spacial score (nSPS) is 23.3. The summed E-state index contributed by atoms with van der Waals surface area (Å²) < 4.78 is 12.0. The van der Waals surface area contributed by atoms with Crippen LogP contribution in [0, 0.1) is 10.8 Å². The number of ether oxygens (including phenoxy) is 2. The number of nitrogens with zero attached hydrogens (tertiary/aromatic N) is 1. The first-order chi connectivity index (χ1) is 19.0. The van der Waals surface area contributed by atoms with E-state index in [-0.39, 0.29) is 22.4 Å². The lowest BCUT2D eigenvalue weighted by atomic mass is 9.63. The van der Waals surface area contributed by atoms with E-state index in [1.165, 1.54) is 19.3 Å². The molecule has 0 atom stereocenters. The van der Waals surface area contributed by atoms with Gasteiger partial charge in [0.25, 0.3) is 0 Å². The maximum absolute atomic E-state index is 14.2. The third kappa shape index (κ3) is 5.47. The predicted molar refractivity (Wildman–Crippen MR) is 160 cm³/mol. The van der Waals surface area contributed by atoms with Crippen molar-refractivity contribution in [3.05, 3.63) is 45.3 Å². The highest BCUT2D eigenvalue weighted by Gasteiger charge is 2.50. The van der Waals surface area contributed by atoms with E-state index in [2.05, 4.69) is 39.5 Å². The maximum Gasteiger partial charge on any atom is 0.179 e. The second kappa shape index (κ2) is 11.2. The summed E-state index contributed by atoms with van der Waals surface area (Å²) in [6, 6.07) is 4.21. The number of hydrogen-bond acceptors (Lipinski definition) is 5. The van der Waals surface area contributed by atoms with Gasteiger partial charge >= 0.3 is 0 Å². The molecule has 1 heterocycles. The first-order valence-corrected chi connectivity index (χ1v) is 15.7. The van der Waals surface area contributed by atoms with E-state index >= 15 is 0 Å². The second-order valence-corrected chi connectivity index (χ2v) is 14.2. The average molecular weight is 568 g/mol. The van der Waals surface area contributed by atoms with Gasteiger partial charge in [-0.05, 0) is 67.6 Å². The van der Waals surface area contributed by atoms with E-state index in [0.717, 1.165) is 60.2 Å². The van der Waals surface area contributed by atoms with Crippen molar-refractivity contribution >= 4 is 23.2 Å². The quantitative estimate of drug-likeness (QED) is 0.330. The number of halogens is 1. The number of benzene rings is 1. The third-order valence-corrected chi connectivity index (χ3v) is 9.29. The molecule has 5 rings (SSSR count). The molecule has 0 aromatic heterocycles. The van der Waals surface area contributed by atoms with Gasteiger partial charge in [0.1, 0.15) is 0 Å². The van der Waals surface area contributed by atoms with Gasteiger partial charge in [0.05, 0.1) is 18.2 Å². The molecule has 1 aromatic rings. The highest BCUT2D eigenvalue weighted by molar-refractivity contribution is 6.32. The summed E-state index contributed by atoms with van der Waals surface area (Å²) in [6.45, 7) is 13.8. The van der Waals surface area contributed by atoms with Crippen LogP contribution >= 0.6 is 11.6 Å². The van der Waals surface area contributed by atoms with Crippen molar-refractivity contribution in [2.45, 2.75) is 118 Å². The van der Waals surface area contributed by atoms with Crippen LogP contribution in [-0.4, -0.2) is 35.7 Å². The van der Waals surface area contributed by atoms with E-state index in [9.17, 15) is 9.59 Å². The molecule has 5 nitrogen and oxygen atoms in total. The van der Waals surface area contributed by atoms with Crippen LogP contribution in [0.1, 0.15) is 117 Å². The van der Waals surface area contributed by atoms with Crippen molar-refractivity contribution < 1.29 is 19.1 Å². The fraction of sp³-hybridized carbons (Fsp3) is 0.647. The number of Topliss-reactive ketones (excluding diaryl/α,β-unsaturated/α-hetero) is 2. The van der Waals surface area contributed by atoms with Crippen LogP contribution < -0.4 is 9.47 Å². The fourth-order valence-electron chi connectivity index (χ4n) is 7.47. The fourth-order valence-corrected chi connectivity index (χ4v) is 7.74. The molecule has 1 aromatic carbocycles. The Labute approximate surface area is 245 Å². The summed E-state index contributed by atoms with van der Waals surface area (Å²) >= 11 is 6.87. The molecule has 4 aliphatic rings. The Kier molecular flexibility index (Phi) is 8.18. The molecule has 0 N–H and O–H groups in total. The molecule has 0 amide bonds. The van der Waals surface area contributed by atoms with E-state index in [0.29, 0.717) is 48.6 Å². The lowest BCUT2D eigenvalue weighted by Gasteiger charge is -2.52. The van der Waals surface area contributed by atoms with Gasteiger partial charge in [-0.2, -0.15) is 0 Å². The summed E-state index contributed by atoms with van der Waals surface area (Å²) in [5.74, 6) is 0.978. The van der Waals surface area contributed by atoms with Gasteiger partial charge in [-0.15, -0.1) is 0 Å². The van der Waals surface area contributed by atoms with Crippen LogP contribution in [0.15, 0.2) is 34.7 Å². The highest BCUT2D eigenvalue weighted by atomic mass is 35.5. The first kappa shape index (κ1) is 29.2. The van der Waals surface area contributed by atoms with Gasteiger partial charge in [0.2, 0.25) is 0 Å². The van der Waals surface area contributed by atoms with Gasteiger partial charge in [0, 0.05) is 47.3 Å². The molecule has 40 heavy (non-hydrogen) atoms. The minimum Gasteiger partial charge on any atom is -0.490 e. The zero-order valence-corrected chi connectivity index (χ0v) is 26.0. The topological polar surface area (TPSA) is 55.8 Å². The number of hydrogen-bond donors (Lipinski definition) is 0. The molecular weight excluding hydrogens is 522 g/mol. The van der Waals surface area contributed by atoms with Crippen LogP contribution in [0.3, 0.4) is 0 Å². The summed E-state index contributed by atoms with van der Waals surface area (Å²) in [6.07, 6.45) is 9.31. The summed E-state index contributed by atoms with van der Waals surface area (Å²) in [4.78, 5) is 30.8. The SMILES string of the molecule is CCCOc1c(Cl)cc(C2C3=C(CC(C)(C)CC3=O)N(C3CCCCC3)C3=C2C(=O)CC(C)(C)C3)cc1OCC. The maximum atomic E-state index is 14.2. The Hall–Kier alpha value is -2.27. The molecule has 6 heteroatoms. The van der Waals surface area contributed by atoms with Crippen LogP contribution in [0.25, 0.3) is 0 Å². The largest absolute Gasteiger partial charge is 0.490 e. The minimum absolute atomic E-state index is 0.133. The first-order valence-electron chi connectivity index (χ1n) is 15.4. The lowest BCUT2D eigenvalue weighted by Crippen LogP contribution is -2.48. The number of allylic oxidation sites excluding steroid dienone is 4. The molecule has 0 unspecified atom stereocenters. The van der Waals surface area contributed by atoms with E-state index in [1.54, 1.807) is 0 Å². The number of carbonyl (C=O) groups excluding carboxylic acids is 2. The van der Waals surface area contributed by atoms with Crippen molar-refractivity contribution in [1.82, 2.24) is 4.90 Å². The minimum atomic E-state index is -0.436. The van der Waals surface area contributed by atoms with Crippen molar-refractivity contribution in [2.24, 2.45) is 10.8 Å². The summed E-state index contributed by atoms with van der Waals surface area (Å²) in [7, 11) is 0. The monoisotopic (exact) mass is 567 g/mol. The molecule has 1 fully saturated rings. The number of ketones is 2. The third-order valence-electron chi connectivity index (χ3n) is 9.01. The zero-order valence-electron chi connectivity index (χ0n) is 25.3. The van der Waals surface area contributed by atoms with Crippen LogP contribution in [0.2, 0.25) is 5.02 Å². The molecule has 1 saturated carbocycles. The van der Waals surface area contributed by atoms with Crippen molar-refractivity contribution in [3.63, 3.8) is 0 Å². The van der Waals surface area contributed by atoms with Crippen molar-refractivity contribution in [2.75, 3.05) is 13.2 Å². The predicted octanol–water partition coefficient (Wildman–Crippen LogP) is 8.55. The van der Waals surface area contributed by atoms with Crippen LogP contribution in [-0.2, 0) is 9.59 Å². The lowest BCUT2D eigenvalue weighted by molar-refractivity contribution is -0.119. The molecule has 3 aliphatic carbocycles. The van der Waals surface area contributed by atoms with Gasteiger partial charge in [-0.3, -0.25) is 9.59 Å². The van der Waals surface area contributed by atoms with Gasteiger partial charge in [-0.1, -0.05) is 65.5 Å². The summed E-state index contributed by atoms with van der Waals surface area (Å²) in [5, 5.41) is 0.459. The molecule has 0 bridgehead atoms. The van der Waals surface area contributed by atoms with Gasteiger partial charge in [0.15, 0.2) is 23.1 Å². The highest BCUT2D eigenvalue weighted by Crippen LogP contribution is 2.56. The number of carbonyl (C=O) groups is 2. The number of rotatable bonds is 7. The Morgan fingerprint density at radius 3 is 1.95 bits per heavy atom. The van der Waals surface area contributed by atoms with Crippen LogP contribution in [0.4, 0.5) is 0 Å². The standard InChI is InChI=1S/C34H46ClNO4/c1-7-14-40-32-23(35)15-21(16-28(32)39-8-2)29-30-24(17-33(3,4)19-26(30)37)36(22-12-10-9-11-13-22)25-18-34(5,6)20-27(38)31(25)29/h15-16,22,29H,7-14,17-20H2,1-6H3. The van der Waals surface area contributed by atoms with Crippen molar-refractivity contribution in [1.29, 1.82) is 0 Å².